The zero-order valence-electron chi connectivity index (χ0n) is 20.9. The number of carbonyl (C=O) groups is 1. The van der Waals surface area contributed by atoms with Gasteiger partial charge in [-0.05, 0) is 50.6 Å². The van der Waals surface area contributed by atoms with E-state index in [2.05, 4.69) is 4.99 Å². The summed E-state index contributed by atoms with van der Waals surface area (Å²) in [5.41, 5.74) is 1.49. The normalized spacial score (nSPS) is 15.2. The maximum absolute atomic E-state index is 13.8. The largest absolute Gasteiger partial charge is 0.497 e. The Morgan fingerprint density at radius 1 is 1.19 bits per heavy atom. The summed E-state index contributed by atoms with van der Waals surface area (Å²) < 4.78 is 17.8. The monoisotopic (exact) mass is 523 g/mol. The Hall–Kier alpha value is -4.25. The summed E-state index contributed by atoms with van der Waals surface area (Å²) >= 11 is 1.14. The average molecular weight is 524 g/mol. The SMILES string of the molecule is CCOC(=O)C1=C(C)N=c2s/c(=C/c3cc(OC)ccc3OC)c(=O)n2[C@@H]1c1ccc(C)c([N+](=O)[O-])c1. The van der Waals surface area contributed by atoms with Gasteiger partial charge in [-0.1, -0.05) is 23.5 Å². The number of carbonyl (C=O) groups excluding carboxylic acids is 1. The number of benzene rings is 2. The molecule has 4 rings (SSSR count). The van der Waals surface area contributed by atoms with E-state index in [-0.39, 0.29) is 17.9 Å². The van der Waals surface area contributed by atoms with Gasteiger partial charge >= 0.3 is 5.97 Å². The smallest absolute Gasteiger partial charge is 0.338 e. The van der Waals surface area contributed by atoms with Gasteiger partial charge in [0.25, 0.3) is 11.2 Å². The number of nitrogens with zero attached hydrogens (tertiary/aromatic N) is 3. The summed E-state index contributed by atoms with van der Waals surface area (Å²) in [6.07, 6.45) is 1.67. The maximum atomic E-state index is 13.8. The van der Waals surface area contributed by atoms with Crippen LogP contribution in [0.25, 0.3) is 6.08 Å². The first-order valence-electron chi connectivity index (χ1n) is 11.4. The molecule has 1 aliphatic heterocycles. The van der Waals surface area contributed by atoms with Crippen LogP contribution < -0.4 is 24.4 Å². The lowest BCUT2D eigenvalue weighted by molar-refractivity contribution is -0.385. The van der Waals surface area contributed by atoms with Crippen LogP contribution in [0.4, 0.5) is 5.69 Å². The summed E-state index contributed by atoms with van der Waals surface area (Å²) in [6.45, 7) is 5.08. The molecule has 0 aliphatic carbocycles. The number of methoxy groups -OCH3 is 2. The van der Waals surface area contributed by atoms with Crippen molar-refractivity contribution in [2.24, 2.45) is 4.99 Å². The predicted molar refractivity (Wildman–Crippen MR) is 138 cm³/mol. The Bertz CT molecular complexity index is 1620. The molecule has 0 unspecified atom stereocenters. The molecule has 10 nitrogen and oxygen atoms in total. The quantitative estimate of drug-likeness (QED) is 0.265. The molecule has 192 valence electrons. The van der Waals surface area contributed by atoms with Crippen LogP contribution in [0.3, 0.4) is 0 Å². The molecule has 37 heavy (non-hydrogen) atoms. The van der Waals surface area contributed by atoms with Gasteiger partial charge in [0, 0.05) is 17.2 Å². The first-order valence-corrected chi connectivity index (χ1v) is 12.2. The van der Waals surface area contributed by atoms with Crippen molar-refractivity contribution in [1.82, 2.24) is 4.57 Å². The highest BCUT2D eigenvalue weighted by atomic mass is 32.1. The second kappa shape index (κ2) is 10.4. The lowest BCUT2D eigenvalue weighted by atomic mass is 9.94. The van der Waals surface area contributed by atoms with Crippen LogP contribution in [0, 0.1) is 17.0 Å². The summed E-state index contributed by atoms with van der Waals surface area (Å²) in [4.78, 5) is 42.9. The molecular weight excluding hydrogens is 498 g/mol. The van der Waals surface area contributed by atoms with E-state index in [0.717, 1.165) is 11.3 Å². The number of aromatic nitrogens is 1. The number of hydrogen-bond acceptors (Lipinski definition) is 9. The van der Waals surface area contributed by atoms with Gasteiger partial charge in [0.2, 0.25) is 0 Å². The highest BCUT2D eigenvalue weighted by molar-refractivity contribution is 7.07. The Labute approximate surface area is 215 Å². The van der Waals surface area contributed by atoms with Gasteiger partial charge in [0.05, 0.1) is 47.6 Å². The van der Waals surface area contributed by atoms with E-state index in [1.165, 1.54) is 17.7 Å². The summed E-state index contributed by atoms with van der Waals surface area (Å²) in [5, 5.41) is 11.7. The zero-order valence-corrected chi connectivity index (χ0v) is 21.8. The second-order valence-electron chi connectivity index (χ2n) is 8.21. The fourth-order valence-electron chi connectivity index (χ4n) is 4.19. The number of nitro benzene ring substituents is 1. The van der Waals surface area contributed by atoms with Crippen molar-refractivity contribution in [3.05, 3.63) is 94.2 Å². The van der Waals surface area contributed by atoms with Gasteiger partial charge in [-0.25, -0.2) is 9.79 Å². The van der Waals surface area contributed by atoms with Crippen LogP contribution >= 0.6 is 11.3 Å². The Kier molecular flexibility index (Phi) is 7.25. The second-order valence-corrected chi connectivity index (χ2v) is 9.22. The molecule has 3 aromatic rings. The topological polar surface area (TPSA) is 122 Å². The molecule has 0 saturated heterocycles. The van der Waals surface area contributed by atoms with Crippen molar-refractivity contribution in [2.45, 2.75) is 26.8 Å². The highest BCUT2D eigenvalue weighted by Crippen LogP contribution is 2.33. The standard InChI is InChI=1S/C26H25N3O7S/c1-6-36-25(31)22-15(3)27-26-28(23(22)16-8-7-14(2)19(12-16)29(32)33)24(30)21(37-26)13-17-11-18(34-4)9-10-20(17)35-5/h7-13,23H,6H2,1-5H3/b21-13+/t23-/m1/s1. The Morgan fingerprint density at radius 3 is 2.59 bits per heavy atom. The third-order valence-electron chi connectivity index (χ3n) is 5.99. The number of nitro groups is 1. The molecule has 0 N–H and O–H groups in total. The van der Waals surface area contributed by atoms with Gasteiger partial charge in [-0.2, -0.15) is 0 Å². The molecule has 2 heterocycles. The third kappa shape index (κ3) is 4.77. The predicted octanol–water partition coefficient (Wildman–Crippen LogP) is 3.03. The molecule has 2 aromatic carbocycles. The van der Waals surface area contributed by atoms with Crippen molar-refractivity contribution in [1.29, 1.82) is 0 Å². The highest BCUT2D eigenvalue weighted by Gasteiger charge is 2.34. The van der Waals surface area contributed by atoms with Gasteiger partial charge < -0.3 is 14.2 Å². The molecule has 1 aliphatic rings. The van der Waals surface area contributed by atoms with Gasteiger partial charge in [-0.15, -0.1) is 0 Å². The maximum Gasteiger partial charge on any atom is 0.338 e. The van der Waals surface area contributed by atoms with E-state index in [1.807, 2.05) is 0 Å². The summed E-state index contributed by atoms with van der Waals surface area (Å²) in [7, 11) is 3.07. The lowest BCUT2D eigenvalue weighted by Crippen LogP contribution is -2.40. The van der Waals surface area contributed by atoms with Crippen LogP contribution in [0.15, 0.2) is 57.5 Å². The van der Waals surface area contributed by atoms with Crippen molar-refractivity contribution in [2.75, 3.05) is 20.8 Å². The van der Waals surface area contributed by atoms with Crippen molar-refractivity contribution in [3.63, 3.8) is 0 Å². The van der Waals surface area contributed by atoms with Crippen molar-refractivity contribution >= 4 is 29.1 Å². The van der Waals surface area contributed by atoms with Gasteiger partial charge in [0.15, 0.2) is 4.80 Å². The van der Waals surface area contributed by atoms with Gasteiger partial charge in [0.1, 0.15) is 11.5 Å². The molecule has 0 radical (unpaired) electrons. The van der Waals surface area contributed by atoms with E-state index in [4.69, 9.17) is 14.2 Å². The fourth-order valence-corrected chi connectivity index (χ4v) is 5.23. The molecule has 0 spiro atoms. The minimum absolute atomic E-state index is 0.112. The Morgan fingerprint density at radius 2 is 1.95 bits per heavy atom. The number of aryl methyl sites for hydroxylation is 1. The van der Waals surface area contributed by atoms with Crippen LogP contribution in [-0.4, -0.2) is 36.3 Å². The molecule has 1 atom stereocenters. The molecule has 11 heteroatoms. The van der Waals surface area contributed by atoms with Crippen LogP contribution in [0.5, 0.6) is 11.5 Å². The number of thiazole rings is 1. The number of rotatable bonds is 7. The van der Waals surface area contributed by atoms with Crippen LogP contribution in [-0.2, 0) is 9.53 Å². The number of ether oxygens (including phenoxy) is 3. The van der Waals surface area contributed by atoms with Crippen molar-refractivity contribution in [3.8, 4) is 11.5 Å². The van der Waals surface area contributed by atoms with E-state index in [0.29, 0.717) is 43.2 Å². The fraction of sp³-hybridized carbons (Fsp3) is 0.269. The average Bonchev–Trinajstić information content (AvgIpc) is 3.17. The first-order chi connectivity index (χ1) is 17.7. The summed E-state index contributed by atoms with van der Waals surface area (Å²) in [6, 6.07) is 8.93. The third-order valence-corrected chi connectivity index (χ3v) is 6.97. The molecule has 0 saturated carbocycles. The molecular formula is C26H25N3O7S. The lowest BCUT2D eigenvalue weighted by Gasteiger charge is -2.24. The van der Waals surface area contributed by atoms with Gasteiger partial charge in [-0.3, -0.25) is 19.5 Å². The minimum Gasteiger partial charge on any atom is -0.497 e. The molecule has 1 aromatic heterocycles. The minimum atomic E-state index is -0.955. The number of allylic oxidation sites excluding steroid dienone is 1. The molecule has 0 fully saturated rings. The van der Waals surface area contributed by atoms with E-state index in [1.54, 1.807) is 64.3 Å². The van der Waals surface area contributed by atoms with Crippen molar-refractivity contribution < 1.29 is 23.9 Å². The van der Waals surface area contributed by atoms with E-state index in [9.17, 15) is 19.7 Å². The van der Waals surface area contributed by atoms with Crippen LogP contribution in [0.2, 0.25) is 0 Å². The Balaban J connectivity index is 2.00. The molecule has 0 bridgehead atoms. The first kappa shape index (κ1) is 25.8. The number of esters is 1. The van der Waals surface area contributed by atoms with Crippen LogP contribution in [0.1, 0.15) is 36.6 Å². The van der Waals surface area contributed by atoms with E-state index < -0.39 is 22.5 Å². The number of hydrogen-bond donors (Lipinski definition) is 0. The molecule has 0 amide bonds. The van der Waals surface area contributed by atoms with E-state index >= 15 is 0 Å². The zero-order chi connectivity index (χ0) is 26.9. The number of fused-ring (bicyclic) bond motifs is 1. The summed E-state index contributed by atoms with van der Waals surface area (Å²) in [5.74, 6) is 0.492.